The Kier molecular flexibility index (Phi) is 4.68. The molecule has 104 valence electrons. The van der Waals surface area contributed by atoms with Crippen molar-refractivity contribution in [2.45, 2.75) is 12.8 Å². The molecule has 0 radical (unpaired) electrons. The van der Waals surface area contributed by atoms with Gasteiger partial charge in [-0.3, -0.25) is 4.79 Å². The first-order valence-electron chi connectivity index (χ1n) is 6.67. The average molecular weight is 263 g/mol. The highest BCUT2D eigenvalue weighted by atomic mass is 16.2. The second kappa shape index (κ2) is 6.47. The van der Waals surface area contributed by atoms with Crippen LogP contribution < -0.4 is 10.6 Å². The summed E-state index contributed by atoms with van der Waals surface area (Å²) in [5, 5.41) is 14.6. The summed E-state index contributed by atoms with van der Waals surface area (Å²) >= 11 is 0. The van der Waals surface area contributed by atoms with E-state index in [-0.39, 0.29) is 5.91 Å². The molecule has 0 unspecified atom stereocenters. The molecule has 2 rings (SSSR count). The lowest BCUT2D eigenvalue weighted by atomic mass is 9.98. The van der Waals surface area contributed by atoms with Gasteiger partial charge in [-0.15, -0.1) is 10.2 Å². The van der Waals surface area contributed by atoms with Crippen LogP contribution in [0.2, 0.25) is 0 Å². The number of hydrogen-bond acceptors (Lipinski definition) is 5. The fourth-order valence-corrected chi connectivity index (χ4v) is 2.10. The summed E-state index contributed by atoms with van der Waals surface area (Å²) in [6.45, 7) is 3.10. The van der Waals surface area contributed by atoms with E-state index in [9.17, 15) is 4.79 Å². The van der Waals surface area contributed by atoms with Gasteiger partial charge in [0.25, 0.3) is 5.91 Å². The summed E-state index contributed by atoms with van der Waals surface area (Å²) in [5.74, 6) is 1.29. The van der Waals surface area contributed by atoms with Crippen molar-refractivity contribution >= 4 is 11.7 Å². The molecule has 0 bridgehead atoms. The van der Waals surface area contributed by atoms with Crippen LogP contribution in [0.25, 0.3) is 0 Å². The van der Waals surface area contributed by atoms with Crippen molar-refractivity contribution in [1.82, 2.24) is 20.4 Å². The first-order chi connectivity index (χ1) is 9.16. The van der Waals surface area contributed by atoms with E-state index >= 15 is 0 Å². The maximum Gasteiger partial charge on any atom is 0.273 e. The quantitative estimate of drug-likeness (QED) is 0.832. The van der Waals surface area contributed by atoms with Gasteiger partial charge in [0.2, 0.25) is 0 Å². The molecule has 1 aromatic rings. The van der Waals surface area contributed by atoms with Gasteiger partial charge < -0.3 is 15.5 Å². The standard InChI is InChI=1S/C13H21N5O/c1-18(2)13(19)11-3-4-12(17-16-11)15-9-10-5-7-14-8-6-10/h3-4,10,14H,5-9H2,1-2H3,(H,15,17). The molecule has 1 amide bonds. The number of carbonyl (C=O) groups excluding carboxylic acids is 1. The van der Waals surface area contributed by atoms with Crippen molar-refractivity contribution in [3.8, 4) is 0 Å². The Hall–Kier alpha value is -1.69. The van der Waals surface area contributed by atoms with Gasteiger partial charge in [0, 0.05) is 20.6 Å². The van der Waals surface area contributed by atoms with Crippen molar-refractivity contribution < 1.29 is 4.79 Å². The van der Waals surface area contributed by atoms with E-state index in [1.807, 2.05) is 6.07 Å². The van der Waals surface area contributed by atoms with Crippen LogP contribution in [-0.2, 0) is 0 Å². The molecule has 6 heteroatoms. The molecule has 1 saturated heterocycles. The van der Waals surface area contributed by atoms with Crippen molar-refractivity contribution in [1.29, 1.82) is 0 Å². The van der Waals surface area contributed by atoms with E-state index in [0.29, 0.717) is 11.6 Å². The normalized spacial score (nSPS) is 16.1. The highest BCUT2D eigenvalue weighted by molar-refractivity contribution is 5.91. The van der Waals surface area contributed by atoms with Gasteiger partial charge in [0.1, 0.15) is 5.82 Å². The molecule has 19 heavy (non-hydrogen) atoms. The fourth-order valence-electron chi connectivity index (χ4n) is 2.10. The molecule has 2 heterocycles. The number of nitrogens with zero attached hydrogens (tertiary/aromatic N) is 3. The Morgan fingerprint density at radius 3 is 2.68 bits per heavy atom. The predicted molar refractivity (Wildman–Crippen MR) is 74.1 cm³/mol. The zero-order valence-electron chi connectivity index (χ0n) is 11.5. The van der Waals surface area contributed by atoms with Gasteiger partial charge in [-0.2, -0.15) is 0 Å². The molecular formula is C13H21N5O. The SMILES string of the molecule is CN(C)C(=O)c1ccc(NCC2CCNCC2)nn1. The lowest BCUT2D eigenvalue weighted by Gasteiger charge is -2.22. The number of carbonyl (C=O) groups is 1. The fraction of sp³-hybridized carbons (Fsp3) is 0.615. The van der Waals surface area contributed by atoms with Gasteiger partial charge in [-0.05, 0) is 44.0 Å². The van der Waals surface area contributed by atoms with Gasteiger partial charge in [0.15, 0.2) is 5.69 Å². The van der Waals surface area contributed by atoms with Crippen LogP contribution in [0.5, 0.6) is 0 Å². The first-order valence-corrected chi connectivity index (χ1v) is 6.67. The molecule has 0 aliphatic carbocycles. The molecular weight excluding hydrogens is 242 g/mol. The first kappa shape index (κ1) is 13.7. The average Bonchev–Trinajstić information content (AvgIpc) is 2.46. The Morgan fingerprint density at radius 1 is 1.37 bits per heavy atom. The summed E-state index contributed by atoms with van der Waals surface area (Å²) in [7, 11) is 3.40. The van der Waals surface area contributed by atoms with E-state index < -0.39 is 0 Å². The van der Waals surface area contributed by atoms with E-state index in [1.165, 1.54) is 17.7 Å². The minimum atomic E-state index is -0.127. The highest BCUT2D eigenvalue weighted by Crippen LogP contribution is 2.12. The number of amides is 1. The predicted octanol–water partition coefficient (Wildman–Crippen LogP) is 0.590. The Labute approximate surface area is 113 Å². The topological polar surface area (TPSA) is 70.2 Å². The van der Waals surface area contributed by atoms with Crippen LogP contribution in [-0.4, -0.2) is 54.7 Å². The van der Waals surface area contributed by atoms with E-state index in [2.05, 4.69) is 20.8 Å². The minimum absolute atomic E-state index is 0.127. The molecule has 1 aliphatic heterocycles. The maximum atomic E-state index is 11.7. The third kappa shape index (κ3) is 3.89. The largest absolute Gasteiger partial charge is 0.368 e. The lowest BCUT2D eigenvalue weighted by Crippen LogP contribution is -2.31. The monoisotopic (exact) mass is 263 g/mol. The van der Waals surface area contributed by atoms with Crippen LogP contribution in [0.1, 0.15) is 23.3 Å². The number of aromatic nitrogens is 2. The number of piperidine rings is 1. The van der Waals surface area contributed by atoms with Crippen LogP contribution in [0, 0.1) is 5.92 Å². The number of anilines is 1. The summed E-state index contributed by atoms with van der Waals surface area (Å²) in [5.41, 5.74) is 0.373. The maximum absolute atomic E-state index is 11.7. The van der Waals surface area contributed by atoms with E-state index in [0.717, 1.165) is 25.5 Å². The van der Waals surface area contributed by atoms with Crippen LogP contribution >= 0.6 is 0 Å². The third-order valence-electron chi connectivity index (χ3n) is 3.32. The Balaban J connectivity index is 1.86. The van der Waals surface area contributed by atoms with Crippen molar-refractivity contribution in [2.24, 2.45) is 5.92 Å². The Bertz CT molecular complexity index is 412. The van der Waals surface area contributed by atoms with Gasteiger partial charge >= 0.3 is 0 Å². The molecule has 0 saturated carbocycles. The molecule has 0 aromatic carbocycles. The lowest BCUT2D eigenvalue weighted by molar-refractivity contribution is 0.0821. The van der Waals surface area contributed by atoms with E-state index in [4.69, 9.17) is 0 Å². The zero-order valence-corrected chi connectivity index (χ0v) is 11.5. The van der Waals surface area contributed by atoms with Crippen molar-refractivity contribution in [3.05, 3.63) is 17.8 Å². The molecule has 1 aromatic heterocycles. The van der Waals surface area contributed by atoms with Crippen molar-refractivity contribution in [2.75, 3.05) is 39.0 Å². The third-order valence-corrected chi connectivity index (χ3v) is 3.32. The summed E-state index contributed by atoms with van der Waals surface area (Å²) < 4.78 is 0. The summed E-state index contributed by atoms with van der Waals surface area (Å²) in [6.07, 6.45) is 2.38. The smallest absolute Gasteiger partial charge is 0.273 e. The second-order valence-corrected chi connectivity index (χ2v) is 5.08. The van der Waals surface area contributed by atoms with Crippen LogP contribution in [0.4, 0.5) is 5.82 Å². The number of nitrogens with one attached hydrogen (secondary N) is 2. The second-order valence-electron chi connectivity index (χ2n) is 5.08. The van der Waals surface area contributed by atoms with Crippen LogP contribution in [0.15, 0.2) is 12.1 Å². The summed E-state index contributed by atoms with van der Waals surface area (Å²) in [4.78, 5) is 13.1. The number of hydrogen-bond donors (Lipinski definition) is 2. The van der Waals surface area contributed by atoms with Gasteiger partial charge in [-0.25, -0.2) is 0 Å². The van der Waals surface area contributed by atoms with Crippen LogP contribution in [0.3, 0.4) is 0 Å². The number of rotatable bonds is 4. The highest BCUT2D eigenvalue weighted by Gasteiger charge is 2.13. The van der Waals surface area contributed by atoms with Gasteiger partial charge in [0.05, 0.1) is 0 Å². The summed E-state index contributed by atoms with van der Waals surface area (Å²) in [6, 6.07) is 3.52. The molecule has 2 N–H and O–H groups in total. The molecule has 1 aliphatic rings. The minimum Gasteiger partial charge on any atom is -0.368 e. The van der Waals surface area contributed by atoms with Gasteiger partial charge in [-0.1, -0.05) is 0 Å². The molecule has 6 nitrogen and oxygen atoms in total. The molecule has 0 spiro atoms. The molecule has 0 atom stereocenters. The zero-order chi connectivity index (χ0) is 13.7. The van der Waals surface area contributed by atoms with E-state index in [1.54, 1.807) is 20.2 Å². The molecule has 1 fully saturated rings. The Morgan fingerprint density at radius 2 is 2.11 bits per heavy atom. The van der Waals surface area contributed by atoms with Crippen molar-refractivity contribution in [3.63, 3.8) is 0 Å².